The van der Waals surface area contributed by atoms with E-state index in [0.717, 1.165) is 5.56 Å². The molecule has 2 bridgehead atoms. The molecule has 2 unspecified atom stereocenters. The lowest BCUT2D eigenvalue weighted by molar-refractivity contribution is -0.150. The Kier molecular flexibility index (Phi) is 4.18. The van der Waals surface area contributed by atoms with Gasteiger partial charge >= 0.3 is 12.0 Å². The van der Waals surface area contributed by atoms with Crippen molar-refractivity contribution in [3.05, 3.63) is 71.8 Å². The number of imide groups is 1. The van der Waals surface area contributed by atoms with Crippen LogP contribution in [-0.2, 0) is 16.1 Å². The summed E-state index contributed by atoms with van der Waals surface area (Å²) in [7, 11) is 0. The van der Waals surface area contributed by atoms with Gasteiger partial charge in [-0.1, -0.05) is 48.5 Å². The van der Waals surface area contributed by atoms with Crippen molar-refractivity contribution < 1.29 is 19.1 Å². The van der Waals surface area contributed by atoms with Gasteiger partial charge in [0, 0.05) is 18.5 Å². The lowest BCUT2D eigenvalue weighted by Gasteiger charge is -2.35. The molecule has 2 heterocycles. The van der Waals surface area contributed by atoms with E-state index >= 15 is 0 Å². The normalized spacial score (nSPS) is 23.6. The van der Waals surface area contributed by atoms with Gasteiger partial charge in [-0.05, 0) is 24.6 Å². The molecule has 2 fully saturated rings. The number of fused-ring (bicyclic) bond motifs is 2. The molecular weight excluding hydrogens is 344 g/mol. The molecule has 0 aromatic heterocycles. The van der Waals surface area contributed by atoms with Crippen LogP contribution in [0.2, 0.25) is 0 Å². The first kappa shape index (κ1) is 17.3. The van der Waals surface area contributed by atoms with Gasteiger partial charge in [0.25, 0.3) is 5.91 Å². The van der Waals surface area contributed by atoms with Crippen molar-refractivity contribution in [3.8, 4) is 0 Å². The predicted octanol–water partition coefficient (Wildman–Crippen LogP) is 2.84. The van der Waals surface area contributed by atoms with Crippen LogP contribution in [0, 0.1) is 0 Å². The molecule has 2 saturated heterocycles. The van der Waals surface area contributed by atoms with Gasteiger partial charge < -0.3 is 9.64 Å². The Hall–Kier alpha value is -3.15. The largest absolute Gasteiger partial charge is 0.459 e. The summed E-state index contributed by atoms with van der Waals surface area (Å²) in [6.07, 6.45) is 0.380. The SMILES string of the molecule is CC12CC(C(=O)OCc3ccccc3)N(C1)C(=O)N2C(=O)c1ccccc1. The highest BCUT2D eigenvalue weighted by molar-refractivity contribution is 6.07. The molecule has 2 aromatic rings. The first-order valence-electron chi connectivity index (χ1n) is 8.90. The summed E-state index contributed by atoms with van der Waals surface area (Å²) in [5, 5.41) is 0. The summed E-state index contributed by atoms with van der Waals surface area (Å²) in [5.74, 6) is -0.760. The second-order valence-corrected chi connectivity index (χ2v) is 7.23. The Morgan fingerprint density at radius 3 is 2.33 bits per heavy atom. The molecule has 0 radical (unpaired) electrons. The zero-order valence-electron chi connectivity index (χ0n) is 15.0. The lowest BCUT2D eigenvalue weighted by atomic mass is 9.95. The molecule has 0 N–H and O–H groups in total. The zero-order valence-corrected chi connectivity index (χ0v) is 15.0. The molecule has 3 amide bonds. The fourth-order valence-corrected chi connectivity index (χ4v) is 3.87. The summed E-state index contributed by atoms with van der Waals surface area (Å²) >= 11 is 0. The smallest absolute Gasteiger partial charge is 0.329 e. The maximum atomic E-state index is 12.8. The molecule has 27 heavy (non-hydrogen) atoms. The number of hydrogen-bond donors (Lipinski definition) is 0. The number of carbonyl (C=O) groups excluding carboxylic acids is 3. The third kappa shape index (κ3) is 2.97. The highest BCUT2D eigenvalue weighted by atomic mass is 16.5. The van der Waals surface area contributed by atoms with Crippen molar-refractivity contribution in [2.24, 2.45) is 0 Å². The minimum absolute atomic E-state index is 0.168. The van der Waals surface area contributed by atoms with Crippen molar-refractivity contribution in [3.63, 3.8) is 0 Å². The molecule has 0 spiro atoms. The maximum absolute atomic E-state index is 12.8. The van der Waals surface area contributed by atoms with Gasteiger partial charge in [0.2, 0.25) is 0 Å². The van der Waals surface area contributed by atoms with Crippen LogP contribution < -0.4 is 0 Å². The van der Waals surface area contributed by atoms with Crippen molar-refractivity contribution in [2.75, 3.05) is 6.54 Å². The highest BCUT2D eigenvalue weighted by Crippen LogP contribution is 2.41. The fraction of sp³-hybridized carbons (Fsp3) is 0.286. The third-order valence-electron chi connectivity index (χ3n) is 5.22. The van der Waals surface area contributed by atoms with E-state index in [-0.39, 0.29) is 12.5 Å². The van der Waals surface area contributed by atoms with Gasteiger partial charge in [0.1, 0.15) is 12.6 Å². The molecule has 2 aliphatic rings. The van der Waals surface area contributed by atoms with E-state index in [1.165, 1.54) is 9.80 Å². The molecule has 0 saturated carbocycles. The Bertz CT molecular complexity index is 884. The van der Waals surface area contributed by atoms with Gasteiger partial charge in [0.15, 0.2) is 0 Å². The number of benzene rings is 2. The van der Waals surface area contributed by atoms with Crippen LogP contribution in [0.5, 0.6) is 0 Å². The van der Waals surface area contributed by atoms with Crippen LogP contribution in [0.15, 0.2) is 60.7 Å². The molecule has 2 aliphatic heterocycles. The number of urea groups is 1. The Morgan fingerprint density at radius 2 is 1.70 bits per heavy atom. The molecular formula is C21H20N2O4. The minimum atomic E-state index is -0.708. The number of hydrogen-bond acceptors (Lipinski definition) is 4. The second kappa shape index (κ2) is 6.54. The van der Waals surface area contributed by atoms with Gasteiger partial charge in [-0.15, -0.1) is 0 Å². The van der Waals surface area contributed by atoms with Gasteiger partial charge in [-0.3, -0.25) is 9.69 Å². The highest BCUT2D eigenvalue weighted by Gasteiger charge is 2.60. The fourth-order valence-electron chi connectivity index (χ4n) is 3.87. The third-order valence-corrected chi connectivity index (χ3v) is 5.22. The number of amides is 3. The quantitative estimate of drug-likeness (QED) is 0.783. The van der Waals surface area contributed by atoms with Crippen molar-refractivity contribution >= 4 is 17.9 Å². The van der Waals surface area contributed by atoms with Crippen molar-refractivity contribution in [1.29, 1.82) is 0 Å². The van der Waals surface area contributed by atoms with E-state index < -0.39 is 23.6 Å². The first-order valence-corrected chi connectivity index (χ1v) is 8.90. The molecule has 4 rings (SSSR count). The Balaban J connectivity index is 1.46. The van der Waals surface area contributed by atoms with Crippen LogP contribution in [0.4, 0.5) is 4.79 Å². The van der Waals surface area contributed by atoms with Gasteiger partial charge in [-0.25, -0.2) is 9.59 Å². The number of nitrogens with zero attached hydrogens (tertiary/aromatic N) is 2. The number of rotatable bonds is 4. The van der Waals surface area contributed by atoms with Crippen LogP contribution >= 0.6 is 0 Å². The van der Waals surface area contributed by atoms with Crippen molar-refractivity contribution in [2.45, 2.75) is 31.5 Å². The number of ether oxygens (including phenoxy) is 1. The zero-order chi connectivity index (χ0) is 19.0. The molecule has 2 atom stereocenters. The molecule has 6 nitrogen and oxygen atoms in total. The summed E-state index contributed by atoms with van der Waals surface area (Å²) < 4.78 is 5.40. The molecule has 0 aliphatic carbocycles. The van der Waals surface area contributed by atoms with E-state index in [1.54, 1.807) is 24.3 Å². The number of esters is 1. The standard InChI is InChI=1S/C21H20N2O4/c1-21-12-17(19(25)27-13-15-8-4-2-5-9-15)22(14-21)20(26)23(21)18(24)16-10-6-3-7-11-16/h2-11,17H,12-14H2,1H3. The summed E-state index contributed by atoms with van der Waals surface area (Å²) in [6.45, 7) is 2.35. The average molecular weight is 364 g/mol. The summed E-state index contributed by atoms with van der Waals surface area (Å²) in [6, 6.07) is 17.0. The van der Waals surface area contributed by atoms with Crippen molar-refractivity contribution in [1.82, 2.24) is 9.80 Å². The second-order valence-electron chi connectivity index (χ2n) is 7.23. The number of carbonyl (C=O) groups is 3. The first-order chi connectivity index (χ1) is 13.0. The topological polar surface area (TPSA) is 66.9 Å². The van der Waals surface area contributed by atoms with E-state index in [1.807, 2.05) is 43.3 Å². The van der Waals surface area contributed by atoms with Crippen LogP contribution in [0.1, 0.15) is 29.3 Å². The molecule has 2 aromatic carbocycles. The predicted molar refractivity (Wildman–Crippen MR) is 97.8 cm³/mol. The lowest BCUT2D eigenvalue weighted by Crippen LogP contribution is -2.55. The average Bonchev–Trinajstić information content (AvgIpc) is 3.17. The monoisotopic (exact) mass is 364 g/mol. The van der Waals surface area contributed by atoms with Crippen LogP contribution in [0.25, 0.3) is 0 Å². The van der Waals surface area contributed by atoms with Crippen LogP contribution in [0.3, 0.4) is 0 Å². The van der Waals surface area contributed by atoms with E-state index in [2.05, 4.69) is 0 Å². The van der Waals surface area contributed by atoms with Gasteiger partial charge in [-0.2, -0.15) is 0 Å². The minimum Gasteiger partial charge on any atom is -0.459 e. The summed E-state index contributed by atoms with van der Waals surface area (Å²) in [4.78, 5) is 40.9. The molecule has 6 heteroatoms. The Morgan fingerprint density at radius 1 is 1.07 bits per heavy atom. The molecule has 138 valence electrons. The maximum Gasteiger partial charge on any atom is 0.329 e. The Labute approximate surface area is 157 Å². The van der Waals surface area contributed by atoms with Gasteiger partial charge in [0.05, 0.1) is 5.54 Å². The van der Waals surface area contributed by atoms with E-state index in [9.17, 15) is 14.4 Å². The van der Waals surface area contributed by atoms with E-state index in [4.69, 9.17) is 4.74 Å². The van der Waals surface area contributed by atoms with E-state index in [0.29, 0.717) is 18.5 Å². The summed E-state index contributed by atoms with van der Waals surface area (Å²) in [5.41, 5.74) is 0.645. The van der Waals surface area contributed by atoms with Crippen LogP contribution in [-0.4, -0.2) is 45.8 Å².